The van der Waals surface area contributed by atoms with Gasteiger partial charge in [-0.1, -0.05) is 30.3 Å². The van der Waals surface area contributed by atoms with E-state index in [2.05, 4.69) is 35.2 Å². The molecule has 2 atom stereocenters. The summed E-state index contributed by atoms with van der Waals surface area (Å²) in [5.74, 6) is 1.99. The zero-order chi connectivity index (χ0) is 12.5. The number of likely N-dealkylation sites (tertiary alicyclic amines) is 1. The van der Waals surface area contributed by atoms with Crippen molar-refractivity contribution >= 4 is 5.97 Å². The van der Waals surface area contributed by atoms with Gasteiger partial charge in [0.1, 0.15) is 0 Å². The Morgan fingerprint density at radius 2 is 1.94 bits per heavy atom. The number of methoxy groups -OCH3 is 1. The van der Waals surface area contributed by atoms with E-state index in [4.69, 9.17) is 4.74 Å². The number of ether oxygens (including phenoxy) is 1. The fourth-order valence-electron chi connectivity index (χ4n) is 3.29. The van der Waals surface area contributed by atoms with Gasteiger partial charge in [-0.25, -0.2) is 0 Å². The predicted octanol–water partition coefficient (Wildman–Crippen LogP) is 1.93. The summed E-state index contributed by atoms with van der Waals surface area (Å²) in [5.41, 5.74) is 1.38. The van der Waals surface area contributed by atoms with Crippen LogP contribution in [-0.4, -0.2) is 31.1 Å². The van der Waals surface area contributed by atoms with Crippen LogP contribution in [0.25, 0.3) is 0 Å². The Bertz CT molecular complexity index is 419. The molecular weight excluding hydrogens is 226 g/mol. The van der Waals surface area contributed by atoms with E-state index < -0.39 is 0 Å². The largest absolute Gasteiger partial charge is 0.469 e. The third-order valence-corrected chi connectivity index (χ3v) is 4.33. The number of nitrogens with zero attached hydrogens (tertiary/aromatic N) is 1. The standard InChI is InChI=1S/C15H19NO2/c1-18-15(17)7-12-13-9-16(10-14(12)13)8-11-5-3-2-4-6-11/h2-6,12-14H,7-10H2,1H3/t13-,14-/m0/s1. The van der Waals surface area contributed by atoms with Gasteiger partial charge in [0.15, 0.2) is 0 Å². The van der Waals surface area contributed by atoms with Crippen LogP contribution >= 0.6 is 0 Å². The van der Waals surface area contributed by atoms with Crippen LogP contribution in [0.2, 0.25) is 0 Å². The molecule has 1 aliphatic heterocycles. The smallest absolute Gasteiger partial charge is 0.305 e. The van der Waals surface area contributed by atoms with E-state index in [0.717, 1.165) is 31.5 Å². The average molecular weight is 245 g/mol. The highest BCUT2D eigenvalue weighted by Gasteiger charge is 2.55. The molecule has 1 saturated heterocycles. The van der Waals surface area contributed by atoms with Crippen LogP contribution < -0.4 is 0 Å². The number of hydrogen-bond acceptors (Lipinski definition) is 3. The molecule has 2 fully saturated rings. The zero-order valence-corrected chi connectivity index (χ0v) is 10.7. The van der Waals surface area contributed by atoms with Gasteiger partial charge in [-0.3, -0.25) is 9.69 Å². The Labute approximate surface area is 108 Å². The van der Waals surface area contributed by atoms with Gasteiger partial charge >= 0.3 is 5.97 Å². The van der Waals surface area contributed by atoms with Crippen molar-refractivity contribution in [2.45, 2.75) is 13.0 Å². The van der Waals surface area contributed by atoms with Crippen molar-refractivity contribution in [2.75, 3.05) is 20.2 Å². The van der Waals surface area contributed by atoms with Crippen molar-refractivity contribution in [1.29, 1.82) is 0 Å². The van der Waals surface area contributed by atoms with Crippen LogP contribution in [-0.2, 0) is 16.1 Å². The summed E-state index contributed by atoms with van der Waals surface area (Å²) < 4.78 is 4.74. The maximum Gasteiger partial charge on any atom is 0.305 e. The minimum Gasteiger partial charge on any atom is -0.469 e. The Kier molecular flexibility index (Phi) is 3.08. The molecule has 0 spiro atoms. The van der Waals surface area contributed by atoms with E-state index in [0.29, 0.717) is 12.3 Å². The third kappa shape index (κ3) is 2.27. The number of fused-ring (bicyclic) bond motifs is 1. The van der Waals surface area contributed by atoms with Crippen LogP contribution in [0.4, 0.5) is 0 Å². The maximum atomic E-state index is 11.2. The van der Waals surface area contributed by atoms with Gasteiger partial charge in [0, 0.05) is 26.1 Å². The summed E-state index contributed by atoms with van der Waals surface area (Å²) in [6.07, 6.45) is 0.616. The Morgan fingerprint density at radius 1 is 1.28 bits per heavy atom. The van der Waals surface area contributed by atoms with Gasteiger partial charge in [-0.15, -0.1) is 0 Å². The average Bonchev–Trinajstić information content (AvgIpc) is 2.85. The number of carbonyl (C=O) groups is 1. The summed E-state index contributed by atoms with van der Waals surface area (Å²) in [4.78, 5) is 13.7. The minimum absolute atomic E-state index is 0.0518. The first-order chi connectivity index (χ1) is 8.78. The Morgan fingerprint density at radius 3 is 2.56 bits per heavy atom. The normalized spacial score (nSPS) is 29.9. The topological polar surface area (TPSA) is 29.5 Å². The molecule has 2 aliphatic rings. The molecule has 3 rings (SSSR count). The predicted molar refractivity (Wildman–Crippen MR) is 68.8 cm³/mol. The highest BCUT2D eigenvalue weighted by molar-refractivity contribution is 5.70. The van der Waals surface area contributed by atoms with E-state index in [1.807, 2.05) is 0 Å². The van der Waals surface area contributed by atoms with Crippen molar-refractivity contribution in [3.63, 3.8) is 0 Å². The van der Waals surface area contributed by atoms with Crippen molar-refractivity contribution in [1.82, 2.24) is 4.90 Å². The van der Waals surface area contributed by atoms with Gasteiger partial charge in [0.25, 0.3) is 0 Å². The van der Waals surface area contributed by atoms with Crippen molar-refractivity contribution in [3.8, 4) is 0 Å². The third-order valence-electron chi connectivity index (χ3n) is 4.33. The number of benzene rings is 1. The molecule has 18 heavy (non-hydrogen) atoms. The van der Waals surface area contributed by atoms with Crippen molar-refractivity contribution < 1.29 is 9.53 Å². The molecule has 0 radical (unpaired) electrons. The number of esters is 1. The first-order valence-electron chi connectivity index (χ1n) is 6.61. The Hall–Kier alpha value is -1.35. The van der Waals surface area contributed by atoms with Gasteiger partial charge in [-0.2, -0.15) is 0 Å². The number of piperidine rings is 1. The van der Waals surface area contributed by atoms with Gasteiger partial charge < -0.3 is 4.74 Å². The van der Waals surface area contributed by atoms with E-state index in [1.54, 1.807) is 0 Å². The van der Waals surface area contributed by atoms with Crippen LogP contribution in [0.1, 0.15) is 12.0 Å². The highest BCUT2D eigenvalue weighted by Crippen LogP contribution is 2.53. The molecule has 1 aromatic rings. The van der Waals surface area contributed by atoms with Crippen LogP contribution in [0.15, 0.2) is 30.3 Å². The zero-order valence-electron chi connectivity index (χ0n) is 10.7. The highest BCUT2D eigenvalue weighted by atomic mass is 16.5. The summed E-state index contributed by atoms with van der Waals surface area (Å²) in [7, 11) is 1.47. The first kappa shape index (κ1) is 11.7. The molecular formula is C15H19NO2. The molecule has 1 saturated carbocycles. The number of hydrogen-bond donors (Lipinski definition) is 0. The summed E-state index contributed by atoms with van der Waals surface area (Å²) >= 11 is 0. The van der Waals surface area contributed by atoms with Crippen molar-refractivity contribution in [3.05, 3.63) is 35.9 Å². The van der Waals surface area contributed by atoms with E-state index >= 15 is 0 Å². The molecule has 1 aliphatic carbocycles. The summed E-state index contributed by atoms with van der Waals surface area (Å²) in [6.45, 7) is 3.32. The van der Waals surface area contributed by atoms with Gasteiger partial charge in [-0.05, 0) is 23.3 Å². The molecule has 0 N–H and O–H groups in total. The fourth-order valence-corrected chi connectivity index (χ4v) is 3.29. The molecule has 0 amide bonds. The molecule has 3 nitrogen and oxygen atoms in total. The Balaban J connectivity index is 1.48. The van der Waals surface area contributed by atoms with Gasteiger partial charge in [0.2, 0.25) is 0 Å². The lowest BCUT2D eigenvalue weighted by atomic mass is 10.1. The van der Waals surface area contributed by atoms with Crippen LogP contribution in [0, 0.1) is 17.8 Å². The fraction of sp³-hybridized carbons (Fsp3) is 0.533. The quantitative estimate of drug-likeness (QED) is 0.759. The summed E-state index contributed by atoms with van der Waals surface area (Å²) in [5, 5.41) is 0. The summed E-state index contributed by atoms with van der Waals surface area (Å²) in [6, 6.07) is 10.6. The van der Waals surface area contributed by atoms with E-state index in [1.165, 1.54) is 12.7 Å². The minimum atomic E-state index is -0.0518. The lowest BCUT2D eigenvalue weighted by molar-refractivity contribution is -0.141. The van der Waals surface area contributed by atoms with E-state index in [-0.39, 0.29) is 5.97 Å². The number of carbonyl (C=O) groups excluding carboxylic acids is 1. The van der Waals surface area contributed by atoms with Crippen molar-refractivity contribution in [2.24, 2.45) is 17.8 Å². The molecule has 1 heterocycles. The second-order valence-electron chi connectivity index (χ2n) is 5.45. The lowest BCUT2D eigenvalue weighted by Crippen LogP contribution is -2.24. The lowest BCUT2D eigenvalue weighted by Gasteiger charge is -2.19. The molecule has 96 valence electrons. The van der Waals surface area contributed by atoms with Gasteiger partial charge in [0.05, 0.1) is 7.11 Å². The molecule has 3 heteroatoms. The van der Waals surface area contributed by atoms with E-state index in [9.17, 15) is 4.79 Å². The molecule has 0 bridgehead atoms. The SMILES string of the molecule is COC(=O)CC1[C@@H]2CN(Cc3ccccc3)C[C@@H]12. The second-order valence-corrected chi connectivity index (χ2v) is 5.45. The number of rotatable bonds is 4. The molecule has 0 unspecified atom stereocenters. The van der Waals surface area contributed by atoms with Crippen LogP contribution in [0.5, 0.6) is 0 Å². The van der Waals surface area contributed by atoms with Crippen LogP contribution in [0.3, 0.4) is 0 Å². The second kappa shape index (κ2) is 4.73. The maximum absolute atomic E-state index is 11.2. The molecule has 0 aromatic heterocycles. The first-order valence-corrected chi connectivity index (χ1v) is 6.61. The molecule has 1 aromatic carbocycles. The monoisotopic (exact) mass is 245 g/mol.